The van der Waals surface area contributed by atoms with Crippen LogP contribution in [0.25, 0.3) is 0 Å². The summed E-state index contributed by atoms with van der Waals surface area (Å²) in [5, 5.41) is 11.6. The third-order valence-corrected chi connectivity index (χ3v) is 9.91. The minimum absolute atomic E-state index is 0.115. The van der Waals surface area contributed by atoms with Crippen LogP contribution in [0.4, 0.5) is 18.9 Å². The van der Waals surface area contributed by atoms with Gasteiger partial charge in [0.1, 0.15) is 23.2 Å². The fourth-order valence-electron chi connectivity index (χ4n) is 5.81. The average Bonchev–Trinajstić information content (AvgIpc) is 3.45. The molecule has 2 aromatic rings. The van der Waals surface area contributed by atoms with E-state index in [9.17, 15) is 21.6 Å². The minimum atomic E-state index is -4.82. The van der Waals surface area contributed by atoms with Gasteiger partial charge in [0.25, 0.3) is 0 Å². The molecule has 1 saturated heterocycles. The lowest BCUT2D eigenvalue weighted by atomic mass is 9.81. The highest BCUT2D eigenvalue weighted by molar-refractivity contribution is 7.92. The highest BCUT2D eigenvalue weighted by atomic mass is 32.2. The van der Waals surface area contributed by atoms with Crippen molar-refractivity contribution in [1.29, 1.82) is 0 Å². The van der Waals surface area contributed by atoms with E-state index in [1.54, 1.807) is 0 Å². The molecule has 1 aromatic heterocycles. The van der Waals surface area contributed by atoms with E-state index in [4.69, 9.17) is 10.5 Å². The Labute approximate surface area is 237 Å². The van der Waals surface area contributed by atoms with Crippen LogP contribution < -0.4 is 26.4 Å². The third kappa shape index (κ3) is 5.32. The summed E-state index contributed by atoms with van der Waals surface area (Å²) in [5.41, 5.74) is 9.10. The fourth-order valence-corrected chi connectivity index (χ4v) is 6.91. The Morgan fingerprint density at radius 2 is 1.95 bits per heavy atom. The molecule has 41 heavy (non-hydrogen) atoms. The summed E-state index contributed by atoms with van der Waals surface area (Å²) in [6.07, 6.45) is -0.367. The lowest BCUT2D eigenvalue weighted by Crippen LogP contribution is -2.53. The van der Waals surface area contributed by atoms with Crippen molar-refractivity contribution in [3.05, 3.63) is 45.9 Å². The number of sulfone groups is 1. The first kappa shape index (κ1) is 29.4. The number of nitrogens with zero attached hydrogens (tertiary/aromatic N) is 3. The number of hydrogen-bond acceptors (Lipinski definition) is 9. The number of aryl methyl sites for hydroxylation is 2. The first-order valence-corrected chi connectivity index (χ1v) is 15.2. The summed E-state index contributed by atoms with van der Waals surface area (Å²) in [4.78, 5) is 4.16. The number of hydrogen-bond donors (Lipinski definition) is 4. The van der Waals surface area contributed by atoms with E-state index >= 15 is 0 Å². The average molecular weight is 596 g/mol. The van der Waals surface area contributed by atoms with Crippen LogP contribution in [0.5, 0.6) is 5.75 Å². The minimum Gasteiger partial charge on any atom is -0.490 e. The molecule has 1 aromatic carbocycles. The van der Waals surface area contributed by atoms with Crippen molar-refractivity contribution in [3.63, 3.8) is 0 Å². The van der Waals surface area contributed by atoms with Gasteiger partial charge < -0.3 is 20.7 Å². The lowest BCUT2D eigenvalue weighted by molar-refractivity contribution is -0.0871. The van der Waals surface area contributed by atoms with Crippen LogP contribution in [0.2, 0.25) is 0 Å². The predicted molar refractivity (Wildman–Crippen MR) is 150 cm³/mol. The van der Waals surface area contributed by atoms with Gasteiger partial charge in [-0.1, -0.05) is 0 Å². The first-order valence-electron chi connectivity index (χ1n) is 13.6. The number of benzene rings is 1. The molecule has 10 nitrogen and oxygen atoms in total. The Morgan fingerprint density at radius 1 is 1.27 bits per heavy atom. The maximum absolute atomic E-state index is 14.2. The van der Waals surface area contributed by atoms with Crippen LogP contribution in [0.15, 0.2) is 33.7 Å². The summed E-state index contributed by atoms with van der Waals surface area (Å²) in [5.74, 6) is -1.50. The number of aromatic nitrogens is 2. The Kier molecular flexibility index (Phi) is 7.40. The Hall–Kier alpha value is -3.10. The van der Waals surface area contributed by atoms with Crippen LogP contribution >= 0.6 is 0 Å². The zero-order valence-electron chi connectivity index (χ0n) is 23.7. The van der Waals surface area contributed by atoms with E-state index in [0.717, 1.165) is 37.1 Å². The van der Waals surface area contributed by atoms with Crippen molar-refractivity contribution in [2.45, 2.75) is 81.2 Å². The van der Waals surface area contributed by atoms with Crippen LogP contribution in [-0.4, -0.2) is 55.0 Å². The van der Waals surface area contributed by atoms with Crippen molar-refractivity contribution in [3.8, 4) is 5.75 Å². The van der Waals surface area contributed by atoms with Gasteiger partial charge >= 0.3 is 6.18 Å². The quantitative estimate of drug-likeness (QED) is 0.400. The molecule has 2 atom stereocenters. The van der Waals surface area contributed by atoms with Crippen LogP contribution in [-0.2, 0) is 29.1 Å². The van der Waals surface area contributed by atoms with Gasteiger partial charge in [0.15, 0.2) is 0 Å². The summed E-state index contributed by atoms with van der Waals surface area (Å²) >= 11 is 0. The number of anilines is 1. The zero-order chi connectivity index (χ0) is 29.9. The number of alkyl halides is 3. The predicted octanol–water partition coefficient (Wildman–Crippen LogP) is 3.33. The number of nitrogens with two attached hydrogens (primary N) is 1. The molecular formula is C27H36F3N7O3S. The second-order valence-corrected chi connectivity index (χ2v) is 13.7. The smallest absolute Gasteiger partial charge is 0.421 e. The molecule has 224 valence electrons. The Balaban J connectivity index is 1.59. The molecule has 0 aliphatic carbocycles. The molecular weight excluding hydrogens is 559 g/mol. The second kappa shape index (κ2) is 10.3. The SMILES string of the molecule is Cc1cc(C2(N)N=CC(C(F)(F)F)=C(Nc3cn(C)nc3S(=O)(=O)C(C)C)N2)c2c(c1C1CCNCC1)CC(C)O2. The van der Waals surface area contributed by atoms with Crippen LogP contribution in [0, 0.1) is 6.92 Å². The maximum Gasteiger partial charge on any atom is 0.421 e. The number of aliphatic imine (C=N–C) groups is 1. The van der Waals surface area contributed by atoms with Gasteiger partial charge in [-0.3, -0.25) is 10.4 Å². The van der Waals surface area contributed by atoms with E-state index < -0.39 is 38.4 Å². The van der Waals surface area contributed by atoms with E-state index in [2.05, 4.69) is 26.0 Å². The van der Waals surface area contributed by atoms with E-state index in [1.165, 1.54) is 37.3 Å². The van der Waals surface area contributed by atoms with Gasteiger partial charge in [0.2, 0.25) is 20.7 Å². The molecule has 1 fully saturated rings. The Bertz CT molecular complexity index is 1530. The molecule has 14 heteroatoms. The van der Waals surface area contributed by atoms with Gasteiger partial charge in [-0.15, -0.1) is 0 Å². The van der Waals surface area contributed by atoms with E-state index in [-0.39, 0.29) is 16.8 Å². The monoisotopic (exact) mass is 595 g/mol. The molecule has 0 saturated carbocycles. The van der Waals surface area contributed by atoms with E-state index in [0.29, 0.717) is 29.9 Å². The molecule has 0 bridgehead atoms. The molecule has 3 aliphatic heterocycles. The second-order valence-electron chi connectivity index (χ2n) is 11.3. The first-order chi connectivity index (χ1) is 19.1. The van der Waals surface area contributed by atoms with Gasteiger partial charge in [0, 0.05) is 31.4 Å². The number of fused-ring (bicyclic) bond motifs is 1. The maximum atomic E-state index is 14.2. The Morgan fingerprint density at radius 3 is 2.59 bits per heavy atom. The summed E-state index contributed by atoms with van der Waals surface area (Å²) in [7, 11) is -2.43. The van der Waals surface area contributed by atoms with Gasteiger partial charge in [-0.05, 0) is 76.7 Å². The molecule has 0 radical (unpaired) electrons. The van der Waals surface area contributed by atoms with E-state index in [1.807, 2.05) is 19.9 Å². The lowest BCUT2D eigenvalue weighted by Gasteiger charge is -2.36. The number of rotatable bonds is 6. The number of piperidine rings is 1. The summed E-state index contributed by atoms with van der Waals surface area (Å²) in [6.45, 7) is 8.69. The topological polar surface area (TPSA) is 136 Å². The van der Waals surface area contributed by atoms with Crippen molar-refractivity contribution in [2.75, 3.05) is 18.4 Å². The van der Waals surface area contributed by atoms with Gasteiger partial charge in [0.05, 0.1) is 16.5 Å². The molecule has 5 N–H and O–H groups in total. The zero-order valence-corrected chi connectivity index (χ0v) is 24.5. The highest BCUT2D eigenvalue weighted by Crippen LogP contribution is 2.46. The van der Waals surface area contributed by atoms with Crippen LogP contribution in [0.1, 0.15) is 61.8 Å². The molecule has 2 unspecified atom stereocenters. The number of nitrogens with one attached hydrogen (secondary N) is 3. The molecule has 4 heterocycles. The number of allylic oxidation sites excluding steroid dienone is 1. The summed E-state index contributed by atoms with van der Waals surface area (Å²) < 4.78 is 75.9. The third-order valence-electron chi connectivity index (χ3n) is 7.83. The molecule has 5 rings (SSSR count). The molecule has 3 aliphatic rings. The fraction of sp³-hybridized carbons (Fsp3) is 0.556. The standard InChI is InChI=1S/C27H36F3N7O3S/c1-14(2)41(38,39)25-21(13-37(5)36-25)34-24-20(26(28,29)30)12-33-27(31,35-24)19-10-15(3)22(17-6-8-32-9-7-17)18-11-16(4)40-23(18)19/h10,12-14,16-17,32,34-35H,6-9,11,31H2,1-5H3. The normalized spacial score (nSPS) is 23.5. The highest BCUT2D eigenvalue weighted by Gasteiger charge is 2.45. The van der Waals surface area contributed by atoms with Crippen molar-refractivity contribution in [1.82, 2.24) is 20.4 Å². The van der Waals surface area contributed by atoms with Crippen molar-refractivity contribution in [2.24, 2.45) is 17.8 Å². The van der Waals surface area contributed by atoms with Crippen LogP contribution in [0.3, 0.4) is 0 Å². The van der Waals surface area contributed by atoms with Crippen molar-refractivity contribution < 1.29 is 26.3 Å². The van der Waals surface area contributed by atoms with Gasteiger partial charge in [-0.25, -0.2) is 13.4 Å². The van der Waals surface area contributed by atoms with Crippen molar-refractivity contribution >= 4 is 21.7 Å². The summed E-state index contributed by atoms with van der Waals surface area (Å²) in [6, 6.07) is 1.84. The molecule has 0 amide bonds. The largest absolute Gasteiger partial charge is 0.490 e. The number of halogens is 3. The molecule has 0 spiro atoms. The number of ether oxygens (including phenoxy) is 1. The van der Waals surface area contributed by atoms with Gasteiger partial charge in [-0.2, -0.15) is 18.3 Å².